The van der Waals surface area contributed by atoms with Crippen molar-refractivity contribution < 1.29 is 21.0 Å². The maximum absolute atomic E-state index is 12.7. The summed E-state index contributed by atoms with van der Waals surface area (Å²) in [5.41, 5.74) is 2.95. The second-order valence-corrected chi connectivity index (χ2v) is 13.9. The van der Waals surface area contributed by atoms with Gasteiger partial charge in [-0.15, -0.1) is 0 Å². The Hall–Kier alpha value is -2.19. The van der Waals surface area contributed by atoms with Crippen LogP contribution in [0.3, 0.4) is 0 Å². The standard InChI is InChI=1S/C24H34O3S.C7H7ClO2S/c1-3-4-5-6-7-8-9-13-16-24(22-14-11-10-12-15-22)27-28(25,26)23-19-17-21(2)18-20-23;1-6-2-4-7(5-3-6)11(8,9)10/h10-12,14-15,17-20,24H,3-9,13,16H2,1-2H3;2-5H,1H3. The molecule has 0 amide bonds. The summed E-state index contributed by atoms with van der Waals surface area (Å²) in [6.45, 7) is 6.05. The molecule has 0 spiro atoms. The molecule has 0 aliphatic heterocycles. The molecule has 1 atom stereocenters. The fraction of sp³-hybridized carbons (Fsp3) is 0.419. The molecule has 0 radical (unpaired) electrons. The van der Waals surface area contributed by atoms with Crippen molar-refractivity contribution in [1.29, 1.82) is 0 Å². The number of halogens is 1. The van der Waals surface area contributed by atoms with Crippen molar-refractivity contribution in [2.75, 3.05) is 0 Å². The lowest BCUT2D eigenvalue weighted by atomic mass is 10.0. The van der Waals surface area contributed by atoms with Gasteiger partial charge >= 0.3 is 0 Å². The number of hydrogen-bond donors (Lipinski definition) is 0. The quantitative estimate of drug-likeness (QED) is 0.106. The molecule has 3 aromatic rings. The van der Waals surface area contributed by atoms with E-state index in [-0.39, 0.29) is 9.79 Å². The minimum Gasteiger partial charge on any atom is -0.258 e. The van der Waals surface area contributed by atoms with Crippen molar-refractivity contribution in [2.45, 2.75) is 94.5 Å². The minimum atomic E-state index is -3.78. The van der Waals surface area contributed by atoms with E-state index in [1.54, 1.807) is 36.4 Å². The highest BCUT2D eigenvalue weighted by molar-refractivity contribution is 8.13. The molecule has 214 valence electrons. The van der Waals surface area contributed by atoms with E-state index in [2.05, 4.69) is 6.92 Å². The van der Waals surface area contributed by atoms with E-state index in [0.29, 0.717) is 6.42 Å². The maximum atomic E-state index is 12.7. The Labute approximate surface area is 240 Å². The van der Waals surface area contributed by atoms with Crippen molar-refractivity contribution in [3.8, 4) is 0 Å². The summed E-state index contributed by atoms with van der Waals surface area (Å²) in [4.78, 5) is 0.361. The van der Waals surface area contributed by atoms with E-state index in [1.807, 2.05) is 44.2 Å². The third-order valence-electron chi connectivity index (χ3n) is 6.35. The summed E-state index contributed by atoms with van der Waals surface area (Å²) in [5, 5.41) is 0. The Kier molecular flexibility index (Phi) is 14.2. The first kappa shape index (κ1) is 33.0. The summed E-state index contributed by atoms with van der Waals surface area (Å²) in [7, 11) is -2.25. The van der Waals surface area contributed by atoms with Crippen LogP contribution in [-0.2, 0) is 23.4 Å². The molecule has 8 heteroatoms. The highest BCUT2D eigenvalue weighted by atomic mass is 35.7. The first-order valence-electron chi connectivity index (χ1n) is 13.6. The van der Waals surface area contributed by atoms with E-state index in [9.17, 15) is 16.8 Å². The molecule has 0 aromatic heterocycles. The first-order valence-corrected chi connectivity index (χ1v) is 17.3. The largest absolute Gasteiger partial charge is 0.297 e. The molecule has 3 aromatic carbocycles. The highest BCUT2D eigenvalue weighted by Crippen LogP contribution is 2.29. The number of benzene rings is 3. The van der Waals surface area contributed by atoms with E-state index in [4.69, 9.17) is 14.9 Å². The van der Waals surface area contributed by atoms with Crippen LogP contribution in [0, 0.1) is 13.8 Å². The van der Waals surface area contributed by atoms with Gasteiger partial charge in [-0.25, -0.2) is 8.42 Å². The van der Waals surface area contributed by atoms with Crippen LogP contribution in [0.5, 0.6) is 0 Å². The molecule has 39 heavy (non-hydrogen) atoms. The number of unbranched alkanes of at least 4 members (excludes halogenated alkanes) is 7. The highest BCUT2D eigenvalue weighted by Gasteiger charge is 2.23. The van der Waals surface area contributed by atoms with Crippen molar-refractivity contribution >= 4 is 29.9 Å². The van der Waals surface area contributed by atoms with Gasteiger partial charge in [0.1, 0.15) is 6.10 Å². The second kappa shape index (κ2) is 16.8. The molecule has 3 rings (SSSR count). The molecule has 0 heterocycles. The Morgan fingerprint density at radius 3 is 1.59 bits per heavy atom. The Balaban J connectivity index is 0.000000404. The molecule has 0 N–H and O–H groups in total. The number of hydrogen-bond acceptors (Lipinski definition) is 5. The van der Waals surface area contributed by atoms with Gasteiger partial charge in [0.15, 0.2) is 0 Å². The lowest BCUT2D eigenvalue weighted by Crippen LogP contribution is -2.13. The molecule has 5 nitrogen and oxygen atoms in total. The van der Waals surface area contributed by atoms with Crippen molar-refractivity contribution in [2.24, 2.45) is 0 Å². The van der Waals surface area contributed by atoms with Gasteiger partial charge in [-0.05, 0) is 50.1 Å². The van der Waals surface area contributed by atoms with E-state index >= 15 is 0 Å². The molecule has 1 unspecified atom stereocenters. The summed E-state index contributed by atoms with van der Waals surface area (Å²) >= 11 is 0. The SMILES string of the molecule is CCCCCCCCCCC(OS(=O)(=O)c1ccc(C)cc1)c1ccccc1.Cc1ccc(S(=O)(=O)Cl)cc1. The Bertz CT molecular complexity index is 1310. The lowest BCUT2D eigenvalue weighted by molar-refractivity contribution is 0.198. The van der Waals surface area contributed by atoms with Crippen LogP contribution in [0.2, 0.25) is 0 Å². The third kappa shape index (κ3) is 12.7. The fourth-order valence-corrected chi connectivity index (χ4v) is 5.88. The van der Waals surface area contributed by atoms with Crippen LogP contribution in [0.15, 0.2) is 88.7 Å². The molecular formula is C31H41ClO5S2. The minimum absolute atomic E-state index is 0.143. The molecule has 0 saturated carbocycles. The normalized spacial score (nSPS) is 12.4. The van der Waals surface area contributed by atoms with Gasteiger partial charge in [0, 0.05) is 10.7 Å². The Morgan fingerprint density at radius 2 is 1.10 bits per heavy atom. The molecule has 0 saturated heterocycles. The third-order valence-corrected chi connectivity index (χ3v) is 9.05. The van der Waals surface area contributed by atoms with Gasteiger partial charge in [0.05, 0.1) is 9.79 Å². The average molecular weight is 593 g/mol. The van der Waals surface area contributed by atoms with Gasteiger partial charge in [-0.2, -0.15) is 8.42 Å². The Morgan fingerprint density at radius 1 is 0.641 bits per heavy atom. The maximum Gasteiger partial charge on any atom is 0.297 e. The van der Waals surface area contributed by atoms with Gasteiger partial charge in [0.2, 0.25) is 0 Å². The van der Waals surface area contributed by atoms with Crippen LogP contribution in [0.25, 0.3) is 0 Å². The number of rotatable bonds is 14. The van der Waals surface area contributed by atoms with Crippen LogP contribution in [0.1, 0.15) is 87.5 Å². The first-order chi connectivity index (χ1) is 18.5. The predicted octanol–water partition coefficient (Wildman–Crippen LogP) is 8.89. The smallest absolute Gasteiger partial charge is 0.258 e. The van der Waals surface area contributed by atoms with Gasteiger partial charge in [-0.3, -0.25) is 4.18 Å². The van der Waals surface area contributed by atoms with E-state index < -0.39 is 25.3 Å². The van der Waals surface area contributed by atoms with Crippen LogP contribution in [0.4, 0.5) is 0 Å². The lowest BCUT2D eigenvalue weighted by Gasteiger charge is -2.18. The fourth-order valence-electron chi connectivity index (χ4n) is 4.02. The van der Waals surface area contributed by atoms with E-state index in [1.165, 1.54) is 50.7 Å². The molecular weight excluding hydrogens is 552 g/mol. The van der Waals surface area contributed by atoms with Gasteiger partial charge in [-0.1, -0.05) is 124 Å². The zero-order chi connectivity index (χ0) is 28.7. The molecule has 0 fully saturated rings. The summed E-state index contributed by atoms with van der Waals surface area (Å²) in [5.74, 6) is 0. The van der Waals surface area contributed by atoms with E-state index in [0.717, 1.165) is 29.5 Å². The van der Waals surface area contributed by atoms with Crippen molar-refractivity contribution in [3.63, 3.8) is 0 Å². The van der Waals surface area contributed by atoms with Crippen LogP contribution >= 0.6 is 10.7 Å². The number of aryl methyl sites for hydroxylation is 2. The molecule has 0 aliphatic rings. The second-order valence-electron chi connectivity index (χ2n) is 9.78. The topological polar surface area (TPSA) is 77.5 Å². The molecule has 0 aliphatic carbocycles. The van der Waals surface area contributed by atoms with Crippen molar-refractivity contribution in [3.05, 3.63) is 95.6 Å². The average Bonchev–Trinajstić information content (AvgIpc) is 2.90. The summed E-state index contributed by atoms with van der Waals surface area (Å²) in [6, 6.07) is 22.9. The molecule has 0 bridgehead atoms. The van der Waals surface area contributed by atoms with Crippen LogP contribution in [-0.4, -0.2) is 16.8 Å². The van der Waals surface area contributed by atoms with Crippen LogP contribution < -0.4 is 0 Å². The monoisotopic (exact) mass is 592 g/mol. The zero-order valence-corrected chi connectivity index (χ0v) is 25.6. The van der Waals surface area contributed by atoms with Gasteiger partial charge < -0.3 is 0 Å². The summed E-state index contributed by atoms with van der Waals surface area (Å²) in [6.07, 6.45) is 10.0. The van der Waals surface area contributed by atoms with Gasteiger partial charge in [0.25, 0.3) is 19.2 Å². The zero-order valence-electron chi connectivity index (χ0n) is 23.2. The van der Waals surface area contributed by atoms with Crippen molar-refractivity contribution in [1.82, 2.24) is 0 Å². The summed E-state index contributed by atoms with van der Waals surface area (Å²) < 4.78 is 52.6. The predicted molar refractivity (Wildman–Crippen MR) is 160 cm³/mol.